The molecule has 0 radical (unpaired) electrons. The molecule has 24 heavy (non-hydrogen) atoms. The lowest BCUT2D eigenvalue weighted by Gasteiger charge is -2.35. The SMILES string of the molecule is CC(C)N(C)C(=O)N1CCC(c2cc(-c3ccncc3)n[nH]2)CC1. The Bertz CT molecular complexity index is 674. The second-order valence-electron chi connectivity index (χ2n) is 6.69. The average Bonchev–Trinajstić information content (AvgIpc) is 3.11. The molecular weight excluding hydrogens is 302 g/mol. The number of hydrogen-bond acceptors (Lipinski definition) is 3. The van der Waals surface area contributed by atoms with Gasteiger partial charge in [0.05, 0.1) is 5.69 Å². The number of aromatic amines is 1. The molecule has 6 heteroatoms. The van der Waals surface area contributed by atoms with Crippen LogP contribution in [0.1, 0.15) is 38.3 Å². The normalized spacial score (nSPS) is 15.8. The van der Waals surface area contributed by atoms with Crippen LogP contribution in [0, 0.1) is 0 Å². The Morgan fingerprint density at radius 2 is 1.96 bits per heavy atom. The fourth-order valence-electron chi connectivity index (χ4n) is 3.04. The van der Waals surface area contributed by atoms with Gasteiger partial charge in [0.2, 0.25) is 0 Å². The first-order chi connectivity index (χ1) is 11.6. The van der Waals surface area contributed by atoms with Crippen LogP contribution in [0.15, 0.2) is 30.6 Å². The molecule has 0 aliphatic carbocycles. The maximum absolute atomic E-state index is 12.4. The quantitative estimate of drug-likeness (QED) is 0.942. The third-order valence-electron chi connectivity index (χ3n) is 4.86. The van der Waals surface area contributed by atoms with Crippen LogP contribution in [-0.4, -0.2) is 57.2 Å². The van der Waals surface area contributed by atoms with E-state index >= 15 is 0 Å². The van der Waals surface area contributed by atoms with Crippen LogP contribution in [0.25, 0.3) is 11.3 Å². The Kier molecular flexibility index (Phi) is 4.83. The van der Waals surface area contributed by atoms with E-state index in [9.17, 15) is 4.79 Å². The summed E-state index contributed by atoms with van der Waals surface area (Å²) in [5, 5.41) is 7.60. The minimum atomic E-state index is 0.130. The van der Waals surface area contributed by atoms with Gasteiger partial charge in [-0.2, -0.15) is 5.10 Å². The number of piperidine rings is 1. The summed E-state index contributed by atoms with van der Waals surface area (Å²) in [7, 11) is 1.87. The van der Waals surface area contributed by atoms with Crippen molar-refractivity contribution in [2.24, 2.45) is 0 Å². The Morgan fingerprint density at radius 3 is 2.58 bits per heavy atom. The first-order valence-electron chi connectivity index (χ1n) is 8.53. The van der Waals surface area contributed by atoms with Gasteiger partial charge in [-0.25, -0.2) is 4.79 Å². The summed E-state index contributed by atoms with van der Waals surface area (Å²) in [5.41, 5.74) is 3.18. The Balaban J connectivity index is 1.61. The van der Waals surface area contributed by atoms with E-state index in [1.54, 1.807) is 17.3 Å². The molecule has 0 aromatic carbocycles. The van der Waals surface area contributed by atoms with Crippen LogP contribution in [0.4, 0.5) is 4.79 Å². The second kappa shape index (κ2) is 7.03. The zero-order valence-electron chi connectivity index (χ0n) is 14.6. The fourth-order valence-corrected chi connectivity index (χ4v) is 3.04. The van der Waals surface area contributed by atoms with Gasteiger partial charge in [-0.3, -0.25) is 10.1 Å². The third kappa shape index (κ3) is 3.42. The van der Waals surface area contributed by atoms with Crippen molar-refractivity contribution in [2.45, 2.75) is 38.6 Å². The maximum Gasteiger partial charge on any atom is 0.319 e. The van der Waals surface area contributed by atoms with Gasteiger partial charge in [0.1, 0.15) is 0 Å². The van der Waals surface area contributed by atoms with E-state index in [0.717, 1.165) is 42.9 Å². The number of carbonyl (C=O) groups excluding carboxylic acids is 1. The van der Waals surface area contributed by atoms with Crippen molar-refractivity contribution in [3.8, 4) is 11.3 Å². The molecule has 128 valence electrons. The van der Waals surface area contributed by atoms with Crippen molar-refractivity contribution in [2.75, 3.05) is 20.1 Å². The number of nitrogens with one attached hydrogen (secondary N) is 1. The number of urea groups is 1. The van der Waals surface area contributed by atoms with Crippen LogP contribution in [0.5, 0.6) is 0 Å². The van der Waals surface area contributed by atoms with Gasteiger partial charge in [0, 0.05) is 55.7 Å². The molecule has 3 heterocycles. The lowest BCUT2D eigenvalue weighted by atomic mass is 9.93. The fraction of sp³-hybridized carbons (Fsp3) is 0.500. The number of pyridine rings is 1. The molecule has 2 amide bonds. The van der Waals surface area contributed by atoms with Crippen molar-refractivity contribution < 1.29 is 4.79 Å². The molecule has 6 nitrogen and oxygen atoms in total. The highest BCUT2D eigenvalue weighted by molar-refractivity contribution is 5.74. The van der Waals surface area contributed by atoms with E-state index in [0.29, 0.717) is 5.92 Å². The van der Waals surface area contributed by atoms with Crippen LogP contribution < -0.4 is 0 Å². The Labute approximate surface area is 142 Å². The summed E-state index contributed by atoms with van der Waals surface area (Å²) < 4.78 is 0. The monoisotopic (exact) mass is 327 g/mol. The molecule has 2 aromatic rings. The summed E-state index contributed by atoms with van der Waals surface area (Å²) in [6.07, 6.45) is 5.49. The molecule has 0 unspecified atom stereocenters. The highest BCUT2D eigenvalue weighted by Gasteiger charge is 2.27. The van der Waals surface area contributed by atoms with E-state index in [1.807, 2.05) is 37.9 Å². The first kappa shape index (κ1) is 16.5. The molecule has 1 fully saturated rings. The maximum atomic E-state index is 12.4. The minimum Gasteiger partial charge on any atom is -0.325 e. The first-order valence-corrected chi connectivity index (χ1v) is 8.53. The van der Waals surface area contributed by atoms with Gasteiger partial charge in [-0.1, -0.05) is 0 Å². The van der Waals surface area contributed by atoms with Crippen LogP contribution in [-0.2, 0) is 0 Å². The summed E-state index contributed by atoms with van der Waals surface area (Å²) in [5.74, 6) is 0.432. The zero-order chi connectivity index (χ0) is 17.1. The number of aromatic nitrogens is 3. The van der Waals surface area contributed by atoms with Crippen LogP contribution >= 0.6 is 0 Å². The molecule has 1 aliphatic rings. The van der Waals surface area contributed by atoms with E-state index in [1.165, 1.54) is 0 Å². The molecule has 3 rings (SSSR count). The lowest BCUT2D eigenvalue weighted by molar-refractivity contribution is 0.139. The van der Waals surface area contributed by atoms with Gasteiger partial charge in [-0.15, -0.1) is 0 Å². The minimum absolute atomic E-state index is 0.130. The third-order valence-corrected chi connectivity index (χ3v) is 4.86. The van der Waals surface area contributed by atoms with E-state index < -0.39 is 0 Å². The highest BCUT2D eigenvalue weighted by atomic mass is 16.2. The van der Waals surface area contributed by atoms with Crippen molar-refractivity contribution in [3.05, 3.63) is 36.3 Å². The molecule has 1 aliphatic heterocycles. The average molecular weight is 327 g/mol. The van der Waals surface area contributed by atoms with Gasteiger partial charge in [0.15, 0.2) is 0 Å². The van der Waals surface area contributed by atoms with Crippen molar-refractivity contribution in [1.82, 2.24) is 25.0 Å². The molecule has 0 spiro atoms. The molecule has 1 N–H and O–H groups in total. The number of nitrogens with zero attached hydrogens (tertiary/aromatic N) is 4. The number of H-pyrrole nitrogens is 1. The number of rotatable bonds is 3. The van der Waals surface area contributed by atoms with Gasteiger partial charge in [0.25, 0.3) is 0 Å². The topological polar surface area (TPSA) is 65.1 Å². The number of likely N-dealkylation sites (tertiary alicyclic amines) is 1. The van der Waals surface area contributed by atoms with E-state index in [2.05, 4.69) is 21.2 Å². The summed E-state index contributed by atoms with van der Waals surface area (Å²) in [6.45, 7) is 5.67. The van der Waals surface area contributed by atoms with Crippen LogP contribution in [0.3, 0.4) is 0 Å². The Hall–Kier alpha value is -2.37. The van der Waals surface area contributed by atoms with E-state index in [-0.39, 0.29) is 12.1 Å². The van der Waals surface area contributed by atoms with Gasteiger partial charge >= 0.3 is 6.03 Å². The Morgan fingerprint density at radius 1 is 1.29 bits per heavy atom. The molecule has 0 bridgehead atoms. The summed E-state index contributed by atoms with van der Waals surface area (Å²) >= 11 is 0. The number of carbonyl (C=O) groups is 1. The number of amides is 2. The van der Waals surface area contributed by atoms with Crippen molar-refractivity contribution >= 4 is 6.03 Å². The van der Waals surface area contributed by atoms with Crippen LogP contribution in [0.2, 0.25) is 0 Å². The van der Waals surface area contributed by atoms with Gasteiger partial charge in [-0.05, 0) is 44.9 Å². The lowest BCUT2D eigenvalue weighted by Crippen LogP contribution is -2.47. The largest absolute Gasteiger partial charge is 0.325 e. The highest BCUT2D eigenvalue weighted by Crippen LogP contribution is 2.29. The van der Waals surface area contributed by atoms with Crippen molar-refractivity contribution in [3.63, 3.8) is 0 Å². The van der Waals surface area contributed by atoms with Gasteiger partial charge < -0.3 is 9.80 Å². The molecule has 1 saturated heterocycles. The standard InChI is InChI=1S/C18H25N5O/c1-13(2)22(3)18(24)23-10-6-15(7-11-23)17-12-16(20-21-17)14-4-8-19-9-5-14/h4-5,8-9,12-13,15H,6-7,10-11H2,1-3H3,(H,20,21). The molecule has 2 aromatic heterocycles. The van der Waals surface area contributed by atoms with Crippen molar-refractivity contribution in [1.29, 1.82) is 0 Å². The molecule has 0 saturated carbocycles. The predicted octanol–water partition coefficient (Wildman–Crippen LogP) is 3.11. The predicted molar refractivity (Wildman–Crippen MR) is 93.7 cm³/mol. The zero-order valence-corrected chi connectivity index (χ0v) is 14.6. The second-order valence-corrected chi connectivity index (χ2v) is 6.69. The summed E-state index contributed by atoms with van der Waals surface area (Å²) in [6, 6.07) is 6.40. The molecular formula is C18H25N5O. The van der Waals surface area contributed by atoms with E-state index in [4.69, 9.17) is 0 Å². The number of hydrogen-bond donors (Lipinski definition) is 1. The summed E-state index contributed by atoms with van der Waals surface area (Å²) in [4.78, 5) is 20.2. The smallest absolute Gasteiger partial charge is 0.319 e. The molecule has 0 atom stereocenters.